The Morgan fingerprint density at radius 2 is 2.28 bits per heavy atom. The highest BCUT2D eigenvalue weighted by Crippen LogP contribution is 2.21. The second-order valence-electron chi connectivity index (χ2n) is 3.83. The number of phenolic OH excluding ortho intramolecular Hbond substituents is 1. The molecule has 0 radical (unpaired) electrons. The lowest BCUT2D eigenvalue weighted by Crippen LogP contribution is -2.35. The van der Waals surface area contributed by atoms with E-state index in [1.54, 1.807) is 6.92 Å². The molecule has 1 aromatic rings. The maximum absolute atomic E-state index is 11.8. The van der Waals surface area contributed by atoms with Crippen LogP contribution in [0.1, 0.15) is 23.7 Å². The first-order chi connectivity index (χ1) is 8.43. The van der Waals surface area contributed by atoms with Crippen LogP contribution in [0.2, 0.25) is 5.02 Å². The summed E-state index contributed by atoms with van der Waals surface area (Å²) in [6.45, 7) is 1.70. The van der Waals surface area contributed by atoms with Gasteiger partial charge in [-0.05, 0) is 25.1 Å². The van der Waals surface area contributed by atoms with Crippen LogP contribution in [0.15, 0.2) is 23.4 Å². The standard InChI is InChI=1S/C11H14ClN3O3/c1-6(4-10(13)15-18)14-11(17)8-5-7(16)2-3-9(8)12/h2-3,5-6,16,18H,4H2,1H3,(H2,13,15)(H,14,17). The number of carbonyl (C=O) groups excluding carboxylic acids is 1. The number of aromatic hydroxyl groups is 1. The molecule has 1 atom stereocenters. The lowest BCUT2D eigenvalue weighted by molar-refractivity contribution is 0.0941. The molecular formula is C11H14ClN3O3. The summed E-state index contributed by atoms with van der Waals surface area (Å²) in [6.07, 6.45) is 0.207. The van der Waals surface area contributed by atoms with E-state index < -0.39 is 5.91 Å². The highest BCUT2D eigenvalue weighted by molar-refractivity contribution is 6.33. The van der Waals surface area contributed by atoms with Crippen LogP contribution in [0.3, 0.4) is 0 Å². The van der Waals surface area contributed by atoms with E-state index in [2.05, 4.69) is 10.5 Å². The molecule has 0 aliphatic carbocycles. The SMILES string of the molecule is CC(C/C(N)=N/O)NC(=O)c1cc(O)ccc1Cl. The summed E-state index contributed by atoms with van der Waals surface area (Å²) in [5.41, 5.74) is 5.49. The maximum Gasteiger partial charge on any atom is 0.253 e. The van der Waals surface area contributed by atoms with Crippen molar-refractivity contribution in [1.29, 1.82) is 0 Å². The molecule has 1 unspecified atom stereocenters. The van der Waals surface area contributed by atoms with E-state index in [1.165, 1.54) is 18.2 Å². The highest BCUT2D eigenvalue weighted by atomic mass is 35.5. The fourth-order valence-electron chi connectivity index (χ4n) is 1.39. The predicted molar refractivity (Wildman–Crippen MR) is 68.1 cm³/mol. The van der Waals surface area contributed by atoms with Crippen molar-refractivity contribution in [2.75, 3.05) is 0 Å². The lowest BCUT2D eigenvalue weighted by Gasteiger charge is -2.13. The molecule has 98 valence electrons. The fraction of sp³-hybridized carbons (Fsp3) is 0.273. The van der Waals surface area contributed by atoms with E-state index in [-0.39, 0.29) is 34.6 Å². The van der Waals surface area contributed by atoms with Gasteiger partial charge in [-0.15, -0.1) is 0 Å². The van der Waals surface area contributed by atoms with Gasteiger partial charge in [0.05, 0.1) is 10.6 Å². The van der Waals surface area contributed by atoms with Gasteiger partial charge in [0, 0.05) is 12.5 Å². The summed E-state index contributed by atoms with van der Waals surface area (Å²) < 4.78 is 0. The average molecular weight is 272 g/mol. The summed E-state index contributed by atoms with van der Waals surface area (Å²) >= 11 is 5.85. The third-order valence-corrected chi connectivity index (χ3v) is 2.55. The molecular weight excluding hydrogens is 258 g/mol. The molecule has 1 aromatic carbocycles. The molecule has 6 nitrogen and oxygen atoms in total. The minimum atomic E-state index is -0.436. The van der Waals surface area contributed by atoms with E-state index in [0.29, 0.717) is 0 Å². The van der Waals surface area contributed by atoms with Crippen LogP contribution in [-0.4, -0.2) is 28.1 Å². The zero-order chi connectivity index (χ0) is 13.7. The van der Waals surface area contributed by atoms with Crippen molar-refractivity contribution in [3.8, 4) is 5.75 Å². The van der Waals surface area contributed by atoms with Gasteiger partial charge >= 0.3 is 0 Å². The first kappa shape index (κ1) is 14.1. The Morgan fingerprint density at radius 3 is 2.89 bits per heavy atom. The average Bonchev–Trinajstić information content (AvgIpc) is 2.31. The van der Waals surface area contributed by atoms with Gasteiger partial charge in [-0.1, -0.05) is 16.8 Å². The van der Waals surface area contributed by atoms with Crippen molar-refractivity contribution in [1.82, 2.24) is 5.32 Å². The van der Waals surface area contributed by atoms with Crippen LogP contribution in [0, 0.1) is 0 Å². The number of benzene rings is 1. The zero-order valence-electron chi connectivity index (χ0n) is 9.72. The number of halogens is 1. The maximum atomic E-state index is 11.8. The summed E-state index contributed by atoms with van der Waals surface area (Å²) in [6, 6.07) is 3.76. The Balaban J connectivity index is 2.73. The first-order valence-electron chi connectivity index (χ1n) is 5.19. The number of phenols is 1. The Morgan fingerprint density at radius 1 is 1.61 bits per heavy atom. The molecule has 5 N–H and O–H groups in total. The van der Waals surface area contributed by atoms with E-state index in [4.69, 9.17) is 22.5 Å². The van der Waals surface area contributed by atoms with Crippen LogP contribution in [0.4, 0.5) is 0 Å². The molecule has 0 fully saturated rings. The minimum absolute atomic E-state index is 0.0183. The molecule has 7 heteroatoms. The molecule has 0 aliphatic rings. The van der Waals surface area contributed by atoms with Crippen molar-refractivity contribution in [2.24, 2.45) is 10.9 Å². The number of nitrogens with two attached hydrogens (primary N) is 1. The predicted octanol–water partition coefficient (Wildman–Crippen LogP) is 1.30. The largest absolute Gasteiger partial charge is 0.508 e. The van der Waals surface area contributed by atoms with Crippen LogP contribution in [-0.2, 0) is 0 Å². The summed E-state index contributed by atoms with van der Waals surface area (Å²) in [4.78, 5) is 11.8. The molecule has 0 bridgehead atoms. The molecule has 0 saturated heterocycles. The number of hydrogen-bond acceptors (Lipinski definition) is 4. The molecule has 0 aliphatic heterocycles. The molecule has 1 rings (SSSR count). The number of carbonyl (C=O) groups is 1. The number of oxime groups is 1. The van der Waals surface area contributed by atoms with Gasteiger partial charge in [-0.2, -0.15) is 0 Å². The van der Waals surface area contributed by atoms with Crippen LogP contribution in [0.5, 0.6) is 5.75 Å². The summed E-state index contributed by atoms with van der Waals surface area (Å²) in [5, 5.41) is 23.4. The smallest absolute Gasteiger partial charge is 0.253 e. The van der Waals surface area contributed by atoms with Gasteiger partial charge < -0.3 is 21.4 Å². The van der Waals surface area contributed by atoms with E-state index in [0.717, 1.165) is 0 Å². The number of hydrogen-bond donors (Lipinski definition) is 4. The molecule has 0 saturated carbocycles. The quantitative estimate of drug-likeness (QED) is 0.286. The summed E-state index contributed by atoms with van der Waals surface area (Å²) in [7, 11) is 0. The fourth-order valence-corrected chi connectivity index (χ4v) is 1.60. The van der Waals surface area contributed by atoms with E-state index in [1.807, 2.05) is 0 Å². The van der Waals surface area contributed by atoms with E-state index >= 15 is 0 Å². The Kier molecular flexibility index (Phi) is 4.79. The van der Waals surface area contributed by atoms with Crippen LogP contribution in [0.25, 0.3) is 0 Å². The number of rotatable bonds is 4. The first-order valence-corrected chi connectivity index (χ1v) is 5.57. The van der Waals surface area contributed by atoms with Crippen molar-refractivity contribution in [3.63, 3.8) is 0 Å². The van der Waals surface area contributed by atoms with Crippen molar-refractivity contribution >= 4 is 23.3 Å². The second kappa shape index (κ2) is 6.11. The number of nitrogens with one attached hydrogen (secondary N) is 1. The van der Waals surface area contributed by atoms with Gasteiger partial charge in [-0.25, -0.2) is 0 Å². The molecule has 18 heavy (non-hydrogen) atoms. The molecule has 0 aromatic heterocycles. The third kappa shape index (κ3) is 3.81. The van der Waals surface area contributed by atoms with Gasteiger partial charge in [0.15, 0.2) is 0 Å². The lowest BCUT2D eigenvalue weighted by atomic mass is 10.1. The van der Waals surface area contributed by atoms with Gasteiger partial charge in [-0.3, -0.25) is 4.79 Å². The Labute approximate surface area is 109 Å². The molecule has 1 amide bonds. The number of amidine groups is 1. The zero-order valence-corrected chi connectivity index (χ0v) is 10.5. The van der Waals surface area contributed by atoms with E-state index in [9.17, 15) is 9.90 Å². The van der Waals surface area contributed by atoms with Crippen LogP contribution >= 0.6 is 11.6 Å². The normalized spacial score (nSPS) is 13.1. The van der Waals surface area contributed by atoms with Gasteiger partial charge in [0.25, 0.3) is 5.91 Å². The van der Waals surface area contributed by atoms with Gasteiger partial charge in [0.1, 0.15) is 11.6 Å². The highest BCUT2D eigenvalue weighted by Gasteiger charge is 2.14. The van der Waals surface area contributed by atoms with Crippen molar-refractivity contribution < 1.29 is 15.1 Å². The third-order valence-electron chi connectivity index (χ3n) is 2.22. The molecule has 0 heterocycles. The topological polar surface area (TPSA) is 108 Å². The van der Waals surface area contributed by atoms with Crippen molar-refractivity contribution in [3.05, 3.63) is 28.8 Å². The monoisotopic (exact) mass is 271 g/mol. The Hall–Kier alpha value is -1.95. The number of nitrogens with zero attached hydrogens (tertiary/aromatic N) is 1. The van der Waals surface area contributed by atoms with Crippen LogP contribution < -0.4 is 11.1 Å². The number of amides is 1. The minimum Gasteiger partial charge on any atom is -0.508 e. The summed E-state index contributed by atoms with van der Waals surface area (Å²) in [5.74, 6) is -0.465. The second-order valence-corrected chi connectivity index (χ2v) is 4.24. The Bertz CT molecular complexity index is 477. The van der Waals surface area contributed by atoms with Gasteiger partial charge in [0.2, 0.25) is 0 Å². The van der Waals surface area contributed by atoms with Crippen molar-refractivity contribution in [2.45, 2.75) is 19.4 Å². The molecule has 0 spiro atoms.